The van der Waals surface area contributed by atoms with Gasteiger partial charge in [-0.3, -0.25) is 14.3 Å². The molecule has 1 aromatic heterocycles. The highest BCUT2D eigenvalue weighted by Crippen LogP contribution is 2.27. The molecule has 8 nitrogen and oxygen atoms in total. The largest absolute Gasteiger partial charge is 0.394 e. The molecule has 0 amide bonds. The second-order valence-corrected chi connectivity index (χ2v) is 3.87. The molecular formula is C9H11FN2O6. The number of ether oxygens (including phenoxy) is 1. The standard InChI is InChI=1S/C9H11FN2O6/c10-3-1-12(9(17)11-7(3)16)8-6(15)5(14)4(2-13)18-8/h1,4-6,8,13-15H,2H2,(H,11,16,17)/t4-,5-,6+,8+/m0/s1. The highest BCUT2D eigenvalue weighted by atomic mass is 19.1. The summed E-state index contributed by atoms with van der Waals surface area (Å²) in [6.07, 6.45) is -4.84. The van der Waals surface area contributed by atoms with Gasteiger partial charge in [0.25, 0.3) is 5.56 Å². The lowest BCUT2D eigenvalue weighted by molar-refractivity contribution is -0.0554. The molecule has 2 heterocycles. The summed E-state index contributed by atoms with van der Waals surface area (Å²) in [6.45, 7) is -0.574. The zero-order valence-electron chi connectivity index (χ0n) is 8.99. The van der Waals surface area contributed by atoms with E-state index < -0.39 is 48.2 Å². The summed E-state index contributed by atoms with van der Waals surface area (Å²) in [5.41, 5.74) is -2.18. The normalized spacial score (nSPS) is 31.8. The Kier molecular flexibility index (Phi) is 3.30. The van der Waals surface area contributed by atoms with E-state index in [1.54, 1.807) is 4.98 Å². The molecule has 0 spiro atoms. The number of hydrogen-bond acceptors (Lipinski definition) is 6. The zero-order chi connectivity index (χ0) is 13.4. The predicted octanol–water partition coefficient (Wildman–Crippen LogP) is -2.71. The Labute approximate surface area is 98.9 Å². The predicted molar refractivity (Wildman–Crippen MR) is 54.3 cm³/mol. The van der Waals surface area contributed by atoms with E-state index in [9.17, 15) is 24.2 Å². The van der Waals surface area contributed by atoms with Crippen molar-refractivity contribution in [3.8, 4) is 0 Å². The molecule has 1 aliphatic heterocycles. The Hall–Kier alpha value is -1.55. The maximum atomic E-state index is 13.1. The monoisotopic (exact) mass is 262 g/mol. The van der Waals surface area contributed by atoms with Crippen LogP contribution in [0.2, 0.25) is 0 Å². The minimum atomic E-state index is -1.52. The highest BCUT2D eigenvalue weighted by Gasteiger charge is 2.43. The quantitative estimate of drug-likeness (QED) is 0.459. The highest BCUT2D eigenvalue weighted by molar-refractivity contribution is 4.94. The molecule has 0 saturated carbocycles. The Bertz CT molecular complexity index is 555. The zero-order valence-corrected chi connectivity index (χ0v) is 8.99. The second kappa shape index (κ2) is 4.61. The van der Waals surface area contributed by atoms with E-state index in [0.717, 1.165) is 0 Å². The van der Waals surface area contributed by atoms with Crippen LogP contribution in [0.25, 0.3) is 0 Å². The van der Waals surface area contributed by atoms with Crippen LogP contribution in [0.1, 0.15) is 6.23 Å². The van der Waals surface area contributed by atoms with Crippen molar-refractivity contribution >= 4 is 0 Å². The van der Waals surface area contributed by atoms with E-state index in [2.05, 4.69) is 0 Å². The Balaban J connectivity index is 2.42. The second-order valence-electron chi connectivity index (χ2n) is 3.87. The average Bonchev–Trinajstić information content (AvgIpc) is 2.61. The number of halogens is 1. The summed E-state index contributed by atoms with van der Waals surface area (Å²) in [5, 5.41) is 28.0. The van der Waals surface area contributed by atoms with Crippen molar-refractivity contribution < 1.29 is 24.4 Å². The first-order valence-corrected chi connectivity index (χ1v) is 5.09. The van der Waals surface area contributed by atoms with Crippen LogP contribution < -0.4 is 11.2 Å². The minimum absolute atomic E-state index is 0.571. The van der Waals surface area contributed by atoms with Crippen molar-refractivity contribution in [1.82, 2.24) is 9.55 Å². The van der Waals surface area contributed by atoms with Gasteiger partial charge in [0.2, 0.25) is 5.82 Å². The Morgan fingerprint density at radius 3 is 2.61 bits per heavy atom. The first kappa shape index (κ1) is 12.9. The van der Waals surface area contributed by atoms with Gasteiger partial charge in [-0.1, -0.05) is 0 Å². The van der Waals surface area contributed by atoms with E-state index in [1.165, 1.54) is 0 Å². The van der Waals surface area contributed by atoms with Crippen LogP contribution in [-0.2, 0) is 4.74 Å². The van der Waals surface area contributed by atoms with Crippen molar-refractivity contribution in [3.05, 3.63) is 32.9 Å². The SMILES string of the molecule is O=c1[nH]c(=O)n([C@@H]2O[C@@H](CO)[C@H](O)[C@H]2O)cc1F. The fraction of sp³-hybridized carbons (Fsp3) is 0.556. The third kappa shape index (κ3) is 1.97. The van der Waals surface area contributed by atoms with E-state index in [4.69, 9.17) is 9.84 Å². The molecule has 4 atom stereocenters. The summed E-state index contributed by atoms with van der Waals surface area (Å²) >= 11 is 0. The molecule has 4 N–H and O–H groups in total. The van der Waals surface area contributed by atoms with Crippen LogP contribution in [0.5, 0.6) is 0 Å². The van der Waals surface area contributed by atoms with Gasteiger partial charge in [0.05, 0.1) is 12.8 Å². The van der Waals surface area contributed by atoms with Gasteiger partial charge in [0, 0.05) is 0 Å². The summed E-state index contributed by atoms with van der Waals surface area (Å²) in [6, 6.07) is 0. The van der Waals surface area contributed by atoms with Crippen LogP contribution >= 0.6 is 0 Å². The number of aliphatic hydroxyl groups excluding tert-OH is 3. The Morgan fingerprint density at radius 2 is 2.06 bits per heavy atom. The number of nitrogens with one attached hydrogen (secondary N) is 1. The average molecular weight is 262 g/mol. The lowest BCUT2D eigenvalue weighted by Gasteiger charge is -2.16. The van der Waals surface area contributed by atoms with Crippen LogP contribution in [0, 0.1) is 5.82 Å². The maximum absolute atomic E-state index is 13.1. The third-order valence-corrected chi connectivity index (χ3v) is 2.72. The van der Waals surface area contributed by atoms with E-state index >= 15 is 0 Å². The molecule has 18 heavy (non-hydrogen) atoms. The van der Waals surface area contributed by atoms with Gasteiger partial charge in [-0.2, -0.15) is 4.39 Å². The van der Waals surface area contributed by atoms with Crippen LogP contribution in [-0.4, -0.2) is 49.8 Å². The topological polar surface area (TPSA) is 125 Å². The summed E-state index contributed by atoms with van der Waals surface area (Å²) in [7, 11) is 0. The first-order chi connectivity index (χ1) is 8.45. The number of aromatic nitrogens is 2. The van der Waals surface area contributed by atoms with Gasteiger partial charge in [-0.05, 0) is 0 Å². The number of nitrogens with zero attached hydrogens (tertiary/aromatic N) is 1. The van der Waals surface area contributed by atoms with E-state index in [-0.39, 0.29) is 0 Å². The number of H-pyrrole nitrogens is 1. The van der Waals surface area contributed by atoms with Crippen LogP contribution in [0.15, 0.2) is 15.8 Å². The van der Waals surface area contributed by atoms with Gasteiger partial charge in [-0.15, -0.1) is 0 Å². The van der Waals surface area contributed by atoms with Crippen molar-refractivity contribution in [2.45, 2.75) is 24.5 Å². The lowest BCUT2D eigenvalue weighted by Crippen LogP contribution is -2.38. The summed E-state index contributed by atoms with van der Waals surface area (Å²) in [5.74, 6) is -1.23. The van der Waals surface area contributed by atoms with Crippen molar-refractivity contribution in [3.63, 3.8) is 0 Å². The molecule has 1 fully saturated rings. The van der Waals surface area contributed by atoms with Crippen molar-refractivity contribution in [2.24, 2.45) is 0 Å². The van der Waals surface area contributed by atoms with Crippen molar-refractivity contribution in [2.75, 3.05) is 6.61 Å². The smallest absolute Gasteiger partial charge is 0.330 e. The van der Waals surface area contributed by atoms with Gasteiger partial charge in [0.15, 0.2) is 6.23 Å². The van der Waals surface area contributed by atoms with Crippen LogP contribution in [0.3, 0.4) is 0 Å². The molecule has 1 aromatic rings. The molecule has 1 aliphatic rings. The fourth-order valence-electron chi connectivity index (χ4n) is 1.76. The number of rotatable bonds is 2. The number of aliphatic hydroxyl groups is 3. The first-order valence-electron chi connectivity index (χ1n) is 5.09. The molecule has 0 unspecified atom stereocenters. The van der Waals surface area contributed by atoms with E-state index in [0.29, 0.717) is 10.8 Å². The molecule has 0 bridgehead atoms. The van der Waals surface area contributed by atoms with E-state index in [1.807, 2.05) is 0 Å². The summed E-state index contributed by atoms with van der Waals surface area (Å²) < 4.78 is 18.7. The van der Waals surface area contributed by atoms with Crippen LogP contribution in [0.4, 0.5) is 4.39 Å². The number of aromatic amines is 1. The van der Waals surface area contributed by atoms with Gasteiger partial charge in [0.1, 0.15) is 18.3 Å². The minimum Gasteiger partial charge on any atom is -0.394 e. The summed E-state index contributed by atoms with van der Waals surface area (Å²) in [4.78, 5) is 24.0. The molecule has 1 saturated heterocycles. The van der Waals surface area contributed by atoms with Gasteiger partial charge >= 0.3 is 5.69 Å². The molecule has 0 radical (unpaired) electrons. The fourth-order valence-corrected chi connectivity index (χ4v) is 1.76. The lowest BCUT2D eigenvalue weighted by atomic mass is 10.1. The maximum Gasteiger partial charge on any atom is 0.330 e. The Morgan fingerprint density at radius 1 is 1.39 bits per heavy atom. The number of hydrogen-bond donors (Lipinski definition) is 4. The van der Waals surface area contributed by atoms with Gasteiger partial charge < -0.3 is 20.1 Å². The van der Waals surface area contributed by atoms with Crippen molar-refractivity contribution in [1.29, 1.82) is 0 Å². The molecule has 9 heteroatoms. The molecular weight excluding hydrogens is 251 g/mol. The molecule has 0 aromatic carbocycles. The third-order valence-electron chi connectivity index (χ3n) is 2.72. The molecule has 100 valence electrons. The molecule has 0 aliphatic carbocycles. The molecule has 2 rings (SSSR count). The van der Waals surface area contributed by atoms with Gasteiger partial charge in [-0.25, -0.2) is 4.79 Å².